The van der Waals surface area contributed by atoms with E-state index in [1.165, 1.54) is 17.7 Å². The fraction of sp³-hybridized carbons (Fsp3) is 0.111. The van der Waals surface area contributed by atoms with Gasteiger partial charge in [0.15, 0.2) is 5.65 Å². The largest absolute Gasteiger partial charge is 0.418 e. The number of hydrogen-bond donors (Lipinski definition) is 0. The number of thiophene rings is 1. The summed E-state index contributed by atoms with van der Waals surface area (Å²) in [6.45, 7) is 0.286. The van der Waals surface area contributed by atoms with E-state index in [1.807, 2.05) is 12.1 Å². The highest BCUT2D eigenvalue weighted by Gasteiger charge is 2.35. The van der Waals surface area contributed by atoms with E-state index in [0.717, 1.165) is 11.6 Å². The fourth-order valence-corrected chi connectivity index (χ4v) is 3.61. The van der Waals surface area contributed by atoms with Crippen LogP contribution in [0.2, 0.25) is 5.02 Å². The molecule has 3 nitrogen and oxygen atoms in total. The number of imidazole rings is 1. The van der Waals surface area contributed by atoms with Crippen molar-refractivity contribution in [2.45, 2.75) is 12.7 Å². The van der Waals surface area contributed by atoms with Gasteiger partial charge in [-0.15, -0.1) is 11.3 Å². The molecule has 4 aromatic rings. The van der Waals surface area contributed by atoms with Gasteiger partial charge in [0.05, 0.1) is 29.0 Å². The monoisotopic (exact) mass is 393 g/mol. The molecule has 0 fully saturated rings. The van der Waals surface area contributed by atoms with Crippen molar-refractivity contribution in [1.82, 2.24) is 14.5 Å². The molecule has 132 valence electrons. The van der Waals surface area contributed by atoms with Crippen LogP contribution in [0.5, 0.6) is 0 Å². The molecule has 0 saturated heterocycles. The number of benzene rings is 1. The van der Waals surface area contributed by atoms with Crippen LogP contribution in [0.3, 0.4) is 0 Å². The summed E-state index contributed by atoms with van der Waals surface area (Å²) in [5, 5.41) is 2.34. The third kappa shape index (κ3) is 3.08. The molecule has 0 aliphatic heterocycles. The fourth-order valence-electron chi connectivity index (χ4n) is 2.73. The van der Waals surface area contributed by atoms with Crippen LogP contribution in [-0.4, -0.2) is 14.5 Å². The molecule has 0 spiro atoms. The highest BCUT2D eigenvalue weighted by atomic mass is 35.5. The number of hydrogen-bond acceptors (Lipinski definition) is 3. The highest BCUT2D eigenvalue weighted by molar-refractivity contribution is 7.13. The molecule has 0 radical (unpaired) electrons. The van der Waals surface area contributed by atoms with E-state index in [-0.39, 0.29) is 23.4 Å². The van der Waals surface area contributed by atoms with Gasteiger partial charge in [-0.3, -0.25) is 0 Å². The minimum Gasteiger partial charge on any atom is -0.311 e. The first kappa shape index (κ1) is 17.1. The Morgan fingerprint density at radius 2 is 1.92 bits per heavy atom. The van der Waals surface area contributed by atoms with Crippen LogP contribution in [0.4, 0.5) is 13.2 Å². The maximum Gasteiger partial charge on any atom is 0.418 e. The number of fused-ring (bicyclic) bond motifs is 1. The SMILES string of the molecule is FC(F)(F)c1cc(-c2cccs2)nc2c1ncn2Cc1ccccc1Cl. The molecule has 0 N–H and O–H groups in total. The molecule has 0 amide bonds. The Morgan fingerprint density at radius 3 is 2.62 bits per heavy atom. The summed E-state index contributed by atoms with van der Waals surface area (Å²) in [6, 6.07) is 11.8. The maximum absolute atomic E-state index is 13.5. The molecular weight excluding hydrogens is 383 g/mol. The lowest BCUT2D eigenvalue weighted by Gasteiger charge is -2.11. The third-order valence-electron chi connectivity index (χ3n) is 3.95. The molecule has 3 heterocycles. The van der Waals surface area contributed by atoms with Gasteiger partial charge in [-0.25, -0.2) is 9.97 Å². The van der Waals surface area contributed by atoms with E-state index < -0.39 is 11.7 Å². The molecule has 1 aromatic carbocycles. The second kappa shape index (κ2) is 6.41. The van der Waals surface area contributed by atoms with Gasteiger partial charge >= 0.3 is 6.18 Å². The lowest BCUT2D eigenvalue weighted by molar-refractivity contribution is -0.136. The van der Waals surface area contributed by atoms with Crippen LogP contribution in [0.25, 0.3) is 21.7 Å². The summed E-state index contributed by atoms with van der Waals surface area (Å²) >= 11 is 7.51. The van der Waals surface area contributed by atoms with Gasteiger partial charge in [0.25, 0.3) is 0 Å². The summed E-state index contributed by atoms with van der Waals surface area (Å²) in [7, 11) is 0. The molecule has 8 heteroatoms. The lowest BCUT2D eigenvalue weighted by atomic mass is 10.1. The molecule has 3 aromatic heterocycles. The number of nitrogens with zero attached hydrogens (tertiary/aromatic N) is 3. The average Bonchev–Trinajstić information content (AvgIpc) is 3.25. The summed E-state index contributed by atoms with van der Waals surface area (Å²) in [5.74, 6) is 0. The Balaban J connectivity index is 1.91. The number of aromatic nitrogens is 3. The Hall–Kier alpha value is -2.38. The first-order valence-corrected chi connectivity index (χ1v) is 8.89. The zero-order chi connectivity index (χ0) is 18.3. The second-order valence-corrected chi connectivity index (χ2v) is 7.02. The van der Waals surface area contributed by atoms with Crippen LogP contribution in [-0.2, 0) is 12.7 Å². The van der Waals surface area contributed by atoms with Gasteiger partial charge < -0.3 is 4.57 Å². The van der Waals surface area contributed by atoms with Gasteiger partial charge in [0.2, 0.25) is 0 Å². The van der Waals surface area contributed by atoms with E-state index in [1.54, 1.807) is 34.2 Å². The predicted octanol–water partition coefficient (Wildman–Crippen LogP) is 5.88. The van der Waals surface area contributed by atoms with E-state index in [2.05, 4.69) is 9.97 Å². The first-order chi connectivity index (χ1) is 12.4. The Bertz CT molecular complexity index is 1070. The van der Waals surface area contributed by atoms with Crippen LogP contribution in [0.15, 0.2) is 54.2 Å². The standard InChI is InChI=1S/C18H11ClF3N3S/c19-13-5-2-1-4-11(13)9-25-10-23-16-12(18(20,21)22)8-14(24-17(16)25)15-6-3-7-26-15/h1-8,10H,9H2. The molecule has 26 heavy (non-hydrogen) atoms. The number of pyridine rings is 1. The van der Waals surface area contributed by atoms with E-state index in [9.17, 15) is 13.2 Å². The van der Waals surface area contributed by atoms with Crippen molar-refractivity contribution < 1.29 is 13.2 Å². The predicted molar refractivity (Wildman–Crippen MR) is 96.4 cm³/mol. The summed E-state index contributed by atoms with van der Waals surface area (Å²) in [6.07, 6.45) is -3.15. The Labute approximate surface area is 155 Å². The normalized spacial score (nSPS) is 12.0. The molecule has 4 rings (SSSR count). The van der Waals surface area contributed by atoms with Crippen molar-refractivity contribution in [1.29, 1.82) is 0 Å². The van der Waals surface area contributed by atoms with Crippen molar-refractivity contribution in [2.75, 3.05) is 0 Å². The van der Waals surface area contributed by atoms with Crippen LogP contribution in [0.1, 0.15) is 11.1 Å². The smallest absolute Gasteiger partial charge is 0.311 e. The van der Waals surface area contributed by atoms with Crippen LogP contribution < -0.4 is 0 Å². The first-order valence-electron chi connectivity index (χ1n) is 7.64. The van der Waals surface area contributed by atoms with Gasteiger partial charge in [-0.2, -0.15) is 13.2 Å². The number of halogens is 4. The minimum absolute atomic E-state index is 0.162. The molecule has 0 aliphatic carbocycles. The number of rotatable bonds is 3. The highest BCUT2D eigenvalue weighted by Crippen LogP contribution is 2.37. The zero-order valence-corrected chi connectivity index (χ0v) is 14.7. The Morgan fingerprint density at radius 1 is 1.12 bits per heavy atom. The lowest BCUT2D eigenvalue weighted by Crippen LogP contribution is -2.08. The molecule has 0 aliphatic rings. The van der Waals surface area contributed by atoms with Crippen molar-refractivity contribution in [2.24, 2.45) is 0 Å². The van der Waals surface area contributed by atoms with Gasteiger partial charge in [0, 0.05) is 5.02 Å². The molecule has 0 saturated carbocycles. The average molecular weight is 394 g/mol. The quantitative estimate of drug-likeness (QED) is 0.435. The van der Waals surface area contributed by atoms with Crippen molar-refractivity contribution >= 4 is 34.1 Å². The van der Waals surface area contributed by atoms with Gasteiger partial charge in [-0.05, 0) is 29.1 Å². The zero-order valence-electron chi connectivity index (χ0n) is 13.2. The van der Waals surface area contributed by atoms with E-state index in [0.29, 0.717) is 9.90 Å². The molecule has 0 atom stereocenters. The second-order valence-electron chi connectivity index (χ2n) is 5.67. The summed E-state index contributed by atoms with van der Waals surface area (Å²) < 4.78 is 42.2. The molecular formula is C18H11ClF3N3S. The minimum atomic E-state index is -4.52. The van der Waals surface area contributed by atoms with Gasteiger partial charge in [0.1, 0.15) is 5.52 Å². The van der Waals surface area contributed by atoms with Gasteiger partial charge in [-0.1, -0.05) is 35.9 Å². The van der Waals surface area contributed by atoms with Crippen LogP contribution in [0, 0.1) is 0 Å². The number of alkyl halides is 3. The summed E-state index contributed by atoms with van der Waals surface area (Å²) in [4.78, 5) is 9.09. The van der Waals surface area contributed by atoms with Crippen molar-refractivity contribution in [3.63, 3.8) is 0 Å². The van der Waals surface area contributed by atoms with E-state index >= 15 is 0 Å². The third-order valence-corrected chi connectivity index (χ3v) is 5.21. The topological polar surface area (TPSA) is 30.7 Å². The van der Waals surface area contributed by atoms with Crippen LogP contribution >= 0.6 is 22.9 Å². The van der Waals surface area contributed by atoms with E-state index in [4.69, 9.17) is 11.6 Å². The molecule has 0 bridgehead atoms. The van der Waals surface area contributed by atoms with Crippen molar-refractivity contribution in [3.8, 4) is 10.6 Å². The Kier molecular flexibility index (Phi) is 4.20. The van der Waals surface area contributed by atoms with Crippen molar-refractivity contribution in [3.05, 3.63) is 70.3 Å². The maximum atomic E-state index is 13.5. The summed E-state index contributed by atoms with van der Waals surface area (Å²) in [5.41, 5.74) is 0.294. The molecule has 0 unspecified atom stereocenters.